The van der Waals surface area contributed by atoms with Gasteiger partial charge in [0.25, 0.3) is 0 Å². The van der Waals surface area contributed by atoms with E-state index < -0.39 is 102 Å². The summed E-state index contributed by atoms with van der Waals surface area (Å²) < 4.78 is 31.5. The van der Waals surface area contributed by atoms with E-state index in [1.54, 1.807) is 24.4 Å². The van der Waals surface area contributed by atoms with Crippen molar-refractivity contribution < 1.29 is 47.4 Å². The van der Waals surface area contributed by atoms with Gasteiger partial charge in [-0.25, -0.2) is 8.78 Å². The standard InChI is InChI=1S/C47H59F2N9O8/c1-28(53-39(60)21-30-15-18-52-19-16-30)46(66)56(7)29(2)44(64)55-37(43(50)63)24-40(61)54-36(45(65)51-6)17-20-58(41(62)27-59)42(47(3,4)5)38-22-32(34-23-33(48)13-14-35(34)49)26-57(38)25-31-11-9-8-10-12-31/h8-16,18-19,22-23,26,28-29,36-37,42,59H,17,20-21,24-25,27H2,1-7H3,(H2,50,63)(H,51,65)(H,53,60)(H,54,61)(H,55,64)/t28-,29-,36-,37-,42-/m0/s1. The van der Waals surface area contributed by atoms with Gasteiger partial charge in [-0.2, -0.15) is 0 Å². The molecule has 5 atom stereocenters. The molecular formula is C47H59F2N9O8. The van der Waals surface area contributed by atoms with Crippen molar-refractivity contribution in [1.82, 2.24) is 40.6 Å². The minimum atomic E-state index is -1.58. The summed E-state index contributed by atoms with van der Waals surface area (Å²) in [6.07, 6.45) is 3.80. The Balaban J connectivity index is 1.52. The molecule has 19 heteroatoms. The van der Waals surface area contributed by atoms with Crippen LogP contribution in [0, 0.1) is 17.0 Å². The zero-order chi connectivity index (χ0) is 48.9. The van der Waals surface area contributed by atoms with Gasteiger partial charge in [-0.3, -0.25) is 38.5 Å². The van der Waals surface area contributed by atoms with Gasteiger partial charge >= 0.3 is 0 Å². The Bertz CT molecular complexity index is 2360. The van der Waals surface area contributed by atoms with Gasteiger partial charge < -0.3 is 46.5 Å². The van der Waals surface area contributed by atoms with Crippen molar-refractivity contribution in [2.24, 2.45) is 11.1 Å². The summed E-state index contributed by atoms with van der Waals surface area (Å²) in [7, 11) is 2.66. The Morgan fingerprint density at radius 2 is 1.52 bits per heavy atom. The van der Waals surface area contributed by atoms with Crippen LogP contribution in [-0.4, -0.2) is 117 Å². The third-order valence-corrected chi connectivity index (χ3v) is 11.0. The number of nitrogens with one attached hydrogen (secondary N) is 4. The third kappa shape index (κ3) is 14.0. The van der Waals surface area contributed by atoms with Crippen LogP contribution in [0.4, 0.5) is 8.78 Å². The van der Waals surface area contributed by atoms with Gasteiger partial charge in [-0.1, -0.05) is 51.1 Å². The second kappa shape index (κ2) is 23.3. The van der Waals surface area contributed by atoms with E-state index in [2.05, 4.69) is 26.3 Å². The van der Waals surface area contributed by atoms with E-state index in [0.29, 0.717) is 16.8 Å². The number of primary amides is 1. The van der Waals surface area contributed by atoms with Crippen molar-refractivity contribution in [1.29, 1.82) is 0 Å². The Hall–Kier alpha value is -7.02. The Morgan fingerprint density at radius 3 is 2.12 bits per heavy atom. The molecule has 0 aliphatic rings. The van der Waals surface area contributed by atoms with E-state index in [1.807, 2.05) is 55.7 Å². The molecule has 0 saturated carbocycles. The highest BCUT2D eigenvalue weighted by Crippen LogP contribution is 2.41. The number of nitrogens with zero attached hydrogens (tertiary/aromatic N) is 4. The topological polar surface area (TPSA) is 238 Å². The van der Waals surface area contributed by atoms with Crippen molar-refractivity contribution in [3.63, 3.8) is 0 Å². The van der Waals surface area contributed by atoms with Crippen molar-refractivity contribution >= 4 is 41.4 Å². The first-order valence-electron chi connectivity index (χ1n) is 21.3. The van der Waals surface area contributed by atoms with E-state index in [4.69, 9.17) is 5.73 Å². The van der Waals surface area contributed by atoms with E-state index in [-0.39, 0.29) is 31.5 Å². The zero-order valence-corrected chi connectivity index (χ0v) is 38.1. The maximum Gasteiger partial charge on any atom is 0.248 e. The SMILES string of the molecule is CNC(=O)[C@H](CCN(C(=O)CO)[C@@H](c1cc(-c2cc(F)ccc2F)cn1Cc1ccccc1)C(C)(C)C)NC(=O)C[C@H](NC(=O)[C@H](C)N(C)C(=O)[C@H](C)NC(=O)Cc1ccncc1)C(N)=O. The van der Waals surface area contributed by atoms with Gasteiger partial charge in [0.1, 0.15) is 42.4 Å². The molecule has 0 radical (unpaired) electrons. The molecule has 7 N–H and O–H groups in total. The molecule has 66 heavy (non-hydrogen) atoms. The number of aromatic nitrogens is 2. The number of carbonyl (C=O) groups is 7. The fraction of sp³-hybridized carbons (Fsp3) is 0.404. The van der Waals surface area contributed by atoms with Gasteiger partial charge in [-0.15, -0.1) is 0 Å². The summed E-state index contributed by atoms with van der Waals surface area (Å²) in [6, 6.07) is 11.4. The maximum absolute atomic E-state index is 15.2. The highest BCUT2D eigenvalue weighted by atomic mass is 19.1. The van der Waals surface area contributed by atoms with Crippen LogP contribution in [0.15, 0.2) is 85.3 Å². The zero-order valence-electron chi connectivity index (χ0n) is 38.1. The molecule has 0 aliphatic heterocycles. The molecule has 2 heterocycles. The minimum absolute atomic E-state index is 0.00721. The average Bonchev–Trinajstić information content (AvgIpc) is 3.68. The quantitative estimate of drug-likeness (QED) is 0.0719. The maximum atomic E-state index is 15.2. The number of nitrogens with two attached hydrogens (primary N) is 1. The molecule has 0 unspecified atom stereocenters. The molecule has 2 aromatic heterocycles. The lowest BCUT2D eigenvalue weighted by Crippen LogP contribution is -2.56. The van der Waals surface area contributed by atoms with Crippen molar-refractivity contribution in [3.05, 3.63) is 114 Å². The van der Waals surface area contributed by atoms with Gasteiger partial charge in [0.05, 0.1) is 18.9 Å². The van der Waals surface area contributed by atoms with Crippen LogP contribution in [0.1, 0.15) is 70.3 Å². The predicted molar refractivity (Wildman–Crippen MR) is 240 cm³/mol. The molecular weight excluding hydrogens is 857 g/mol. The molecule has 0 saturated heterocycles. The van der Waals surface area contributed by atoms with Crippen LogP contribution in [-0.2, 0) is 46.5 Å². The smallest absolute Gasteiger partial charge is 0.248 e. The van der Waals surface area contributed by atoms with Crippen molar-refractivity contribution in [2.45, 2.75) is 90.6 Å². The molecule has 4 aromatic rings. The van der Waals surface area contributed by atoms with Crippen molar-refractivity contribution in [2.75, 3.05) is 27.2 Å². The number of pyridine rings is 1. The second-order valence-electron chi connectivity index (χ2n) is 17.0. The average molecular weight is 916 g/mol. The Kier molecular flexibility index (Phi) is 18.2. The number of carbonyl (C=O) groups excluding carboxylic acids is 7. The first-order chi connectivity index (χ1) is 31.1. The fourth-order valence-electron chi connectivity index (χ4n) is 7.48. The summed E-state index contributed by atoms with van der Waals surface area (Å²) in [5.41, 5.74) is 7.19. The number of halogens is 2. The number of benzene rings is 2. The number of hydrogen-bond donors (Lipinski definition) is 6. The molecule has 4 rings (SSSR count). The van der Waals surface area contributed by atoms with E-state index >= 15 is 4.39 Å². The lowest BCUT2D eigenvalue weighted by atomic mass is 9.82. The number of aliphatic hydroxyl groups excluding tert-OH is 1. The lowest BCUT2D eigenvalue weighted by molar-refractivity contribution is -0.141. The summed E-state index contributed by atoms with van der Waals surface area (Å²) in [5, 5.41) is 20.3. The van der Waals surface area contributed by atoms with Crippen molar-refractivity contribution in [3.8, 4) is 11.1 Å². The van der Waals surface area contributed by atoms with Crippen LogP contribution in [0.5, 0.6) is 0 Å². The summed E-state index contributed by atoms with van der Waals surface area (Å²) in [5.74, 6) is -6.56. The monoisotopic (exact) mass is 915 g/mol. The van der Waals surface area contributed by atoms with Crippen LogP contribution >= 0.6 is 0 Å². The summed E-state index contributed by atoms with van der Waals surface area (Å²) >= 11 is 0. The van der Waals surface area contributed by atoms with Crippen LogP contribution in [0.3, 0.4) is 0 Å². The lowest BCUT2D eigenvalue weighted by Gasteiger charge is -2.41. The molecule has 0 fully saturated rings. The predicted octanol–water partition coefficient (Wildman–Crippen LogP) is 2.36. The number of amides is 7. The van der Waals surface area contributed by atoms with Crippen LogP contribution in [0.2, 0.25) is 0 Å². The molecule has 7 amide bonds. The van der Waals surface area contributed by atoms with Crippen LogP contribution in [0.25, 0.3) is 11.1 Å². The Morgan fingerprint density at radius 1 is 0.848 bits per heavy atom. The molecule has 2 aromatic carbocycles. The highest BCUT2D eigenvalue weighted by molar-refractivity contribution is 5.96. The summed E-state index contributed by atoms with van der Waals surface area (Å²) in [4.78, 5) is 98.5. The van der Waals surface area contributed by atoms with E-state index in [0.717, 1.165) is 28.7 Å². The molecule has 0 spiro atoms. The molecule has 354 valence electrons. The molecule has 0 bridgehead atoms. The normalized spacial score (nSPS) is 13.5. The number of likely N-dealkylation sites (N-methyl/N-ethyl adjacent to an activating group) is 2. The van der Waals surface area contributed by atoms with E-state index in [1.165, 1.54) is 45.2 Å². The molecule has 17 nitrogen and oxygen atoms in total. The fourth-order valence-corrected chi connectivity index (χ4v) is 7.48. The first kappa shape index (κ1) is 51.6. The van der Waals surface area contributed by atoms with Gasteiger partial charge in [0, 0.05) is 62.6 Å². The second-order valence-corrected chi connectivity index (χ2v) is 17.0. The third-order valence-electron chi connectivity index (χ3n) is 11.0. The summed E-state index contributed by atoms with van der Waals surface area (Å²) in [6.45, 7) is 7.52. The number of aliphatic hydroxyl groups is 1. The Labute approximate surface area is 382 Å². The number of rotatable bonds is 21. The van der Waals surface area contributed by atoms with Crippen LogP contribution < -0.4 is 27.0 Å². The minimum Gasteiger partial charge on any atom is -0.387 e. The largest absolute Gasteiger partial charge is 0.387 e. The van der Waals surface area contributed by atoms with Gasteiger partial charge in [-0.05, 0) is 73.2 Å². The highest BCUT2D eigenvalue weighted by Gasteiger charge is 2.38. The van der Waals surface area contributed by atoms with Gasteiger partial charge in [0.2, 0.25) is 41.4 Å². The first-order valence-corrected chi connectivity index (χ1v) is 21.3. The number of hydrogen-bond acceptors (Lipinski definition) is 9. The van der Waals surface area contributed by atoms with Gasteiger partial charge in [0.15, 0.2) is 0 Å². The van der Waals surface area contributed by atoms with E-state index in [9.17, 15) is 43.1 Å². The molecule has 0 aliphatic carbocycles.